The minimum Gasteiger partial charge on any atom is -0.378 e. The number of anilines is 1. The van der Waals surface area contributed by atoms with Crippen LogP contribution in [0.1, 0.15) is 45.1 Å². The molecule has 1 fully saturated rings. The van der Waals surface area contributed by atoms with E-state index in [1.54, 1.807) is 6.20 Å². The molecule has 1 saturated heterocycles. The van der Waals surface area contributed by atoms with Crippen LogP contribution in [0.5, 0.6) is 0 Å². The van der Waals surface area contributed by atoms with Crippen molar-refractivity contribution in [1.82, 2.24) is 15.6 Å². The summed E-state index contributed by atoms with van der Waals surface area (Å²) in [4.78, 5) is 18.7. The van der Waals surface area contributed by atoms with Crippen LogP contribution in [-0.4, -0.2) is 43.9 Å². The van der Waals surface area contributed by atoms with Crippen LogP contribution >= 0.6 is 0 Å². The fraction of sp³-hybridized carbons (Fsp3) is 0.684. The number of hydrogen-bond donors (Lipinski definition) is 2. The molecule has 0 aromatic carbocycles. The van der Waals surface area contributed by atoms with Crippen LogP contribution in [0.2, 0.25) is 0 Å². The lowest BCUT2D eigenvalue weighted by Gasteiger charge is -2.28. The third-order valence-corrected chi connectivity index (χ3v) is 4.69. The molecule has 1 aliphatic heterocycles. The summed E-state index contributed by atoms with van der Waals surface area (Å²) in [5.74, 6) is 1.52. The van der Waals surface area contributed by atoms with Gasteiger partial charge in [0.15, 0.2) is 0 Å². The number of pyridine rings is 1. The van der Waals surface area contributed by atoms with Gasteiger partial charge in [-0.1, -0.05) is 33.1 Å². The first-order chi connectivity index (χ1) is 12.2. The van der Waals surface area contributed by atoms with E-state index < -0.39 is 0 Å². The highest BCUT2D eigenvalue weighted by Gasteiger charge is 2.13. The molecule has 0 radical (unpaired) electrons. The van der Waals surface area contributed by atoms with Gasteiger partial charge < -0.3 is 20.3 Å². The number of nitrogens with zero attached hydrogens (tertiary/aromatic N) is 2. The van der Waals surface area contributed by atoms with E-state index in [0.717, 1.165) is 50.7 Å². The molecule has 0 bridgehead atoms. The van der Waals surface area contributed by atoms with Crippen LogP contribution in [0.3, 0.4) is 0 Å². The Bertz CT molecular complexity index is 518. The Morgan fingerprint density at radius 1 is 1.32 bits per heavy atom. The lowest BCUT2D eigenvalue weighted by molar-refractivity contribution is 0.122. The zero-order valence-corrected chi connectivity index (χ0v) is 15.6. The van der Waals surface area contributed by atoms with Gasteiger partial charge in [-0.2, -0.15) is 0 Å². The van der Waals surface area contributed by atoms with Gasteiger partial charge >= 0.3 is 6.03 Å². The minimum absolute atomic E-state index is 0.0975. The van der Waals surface area contributed by atoms with Crippen LogP contribution in [-0.2, 0) is 11.3 Å². The second kappa shape index (κ2) is 10.9. The summed E-state index contributed by atoms with van der Waals surface area (Å²) < 4.78 is 5.38. The first kappa shape index (κ1) is 19.5. The third-order valence-electron chi connectivity index (χ3n) is 4.69. The number of unbranched alkanes of at least 4 members (excludes halogenated alkanes) is 1. The summed E-state index contributed by atoms with van der Waals surface area (Å²) in [5, 5.41) is 5.94. The van der Waals surface area contributed by atoms with E-state index >= 15 is 0 Å². The molecule has 1 aromatic heterocycles. The van der Waals surface area contributed by atoms with Gasteiger partial charge in [0.2, 0.25) is 0 Å². The highest BCUT2D eigenvalue weighted by atomic mass is 16.5. The normalized spacial score (nSPS) is 15.7. The van der Waals surface area contributed by atoms with Gasteiger partial charge in [-0.15, -0.1) is 0 Å². The summed E-state index contributed by atoms with van der Waals surface area (Å²) >= 11 is 0. The Labute approximate surface area is 151 Å². The van der Waals surface area contributed by atoms with Crippen LogP contribution in [0, 0.1) is 5.92 Å². The molecule has 1 aromatic rings. The van der Waals surface area contributed by atoms with Crippen LogP contribution in [0.15, 0.2) is 18.3 Å². The van der Waals surface area contributed by atoms with Crippen molar-refractivity contribution < 1.29 is 9.53 Å². The van der Waals surface area contributed by atoms with Gasteiger partial charge in [0.25, 0.3) is 0 Å². The zero-order valence-electron chi connectivity index (χ0n) is 15.6. The van der Waals surface area contributed by atoms with Crippen LogP contribution < -0.4 is 15.5 Å². The molecule has 0 spiro atoms. The van der Waals surface area contributed by atoms with Crippen molar-refractivity contribution in [3.63, 3.8) is 0 Å². The van der Waals surface area contributed by atoms with Crippen molar-refractivity contribution in [3.05, 3.63) is 23.9 Å². The quantitative estimate of drug-likeness (QED) is 0.720. The zero-order chi connectivity index (χ0) is 17.9. The summed E-state index contributed by atoms with van der Waals surface area (Å²) in [7, 11) is 0. The van der Waals surface area contributed by atoms with E-state index in [0.29, 0.717) is 12.5 Å². The number of amides is 2. The lowest BCUT2D eigenvalue weighted by atomic mass is 9.99. The van der Waals surface area contributed by atoms with Gasteiger partial charge in [-0.3, -0.25) is 0 Å². The Morgan fingerprint density at radius 2 is 2.12 bits per heavy atom. The van der Waals surface area contributed by atoms with E-state index in [4.69, 9.17) is 4.74 Å². The summed E-state index contributed by atoms with van der Waals surface area (Å²) in [5.41, 5.74) is 1.06. The van der Waals surface area contributed by atoms with Gasteiger partial charge in [0.05, 0.1) is 13.2 Å². The monoisotopic (exact) mass is 348 g/mol. The molecule has 140 valence electrons. The predicted molar refractivity (Wildman–Crippen MR) is 101 cm³/mol. The molecular formula is C19H32N4O2. The lowest BCUT2D eigenvalue weighted by Crippen LogP contribution is -2.38. The van der Waals surface area contributed by atoms with Crippen molar-refractivity contribution in [2.45, 2.75) is 46.1 Å². The molecule has 1 atom stereocenters. The molecule has 2 amide bonds. The smallest absolute Gasteiger partial charge is 0.315 e. The molecular weight excluding hydrogens is 316 g/mol. The minimum atomic E-state index is -0.0975. The van der Waals surface area contributed by atoms with Crippen molar-refractivity contribution >= 4 is 11.8 Å². The van der Waals surface area contributed by atoms with Crippen molar-refractivity contribution in [2.24, 2.45) is 5.92 Å². The molecule has 2 rings (SSSR count). The van der Waals surface area contributed by atoms with E-state index in [1.165, 1.54) is 19.3 Å². The maximum Gasteiger partial charge on any atom is 0.315 e. The number of morpholine rings is 1. The molecule has 0 unspecified atom stereocenters. The van der Waals surface area contributed by atoms with Crippen LogP contribution in [0.4, 0.5) is 10.6 Å². The number of urea groups is 1. The summed E-state index contributed by atoms with van der Waals surface area (Å²) in [6, 6.07) is 3.89. The Morgan fingerprint density at radius 3 is 2.84 bits per heavy atom. The summed E-state index contributed by atoms with van der Waals surface area (Å²) in [6.07, 6.45) is 6.52. The number of nitrogens with one attached hydrogen (secondary N) is 2. The highest BCUT2D eigenvalue weighted by molar-refractivity contribution is 5.73. The second-order valence-electron chi connectivity index (χ2n) is 6.60. The fourth-order valence-corrected chi connectivity index (χ4v) is 2.96. The van der Waals surface area contributed by atoms with E-state index in [9.17, 15) is 4.79 Å². The maximum absolute atomic E-state index is 12.0. The third kappa shape index (κ3) is 6.90. The first-order valence-electron chi connectivity index (χ1n) is 9.52. The van der Waals surface area contributed by atoms with Crippen LogP contribution in [0.25, 0.3) is 0 Å². The second-order valence-corrected chi connectivity index (χ2v) is 6.60. The van der Waals surface area contributed by atoms with E-state index in [1.807, 2.05) is 12.1 Å². The fourth-order valence-electron chi connectivity index (χ4n) is 2.96. The van der Waals surface area contributed by atoms with Crippen molar-refractivity contribution in [3.8, 4) is 0 Å². The summed E-state index contributed by atoms with van der Waals surface area (Å²) in [6.45, 7) is 8.85. The molecule has 25 heavy (non-hydrogen) atoms. The number of ether oxygens (including phenoxy) is 1. The molecule has 0 saturated carbocycles. The Kier molecular flexibility index (Phi) is 8.52. The van der Waals surface area contributed by atoms with Gasteiger partial charge in [-0.25, -0.2) is 9.78 Å². The maximum atomic E-state index is 12.0. The Hall–Kier alpha value is -1.82. The molecule has 6 heteroatoms. The van der Waals surface area contributed by atoms with Crippen molar-refractivity contribution in [1.29, 1.82) is 0 Å². The average Bonchev–Trinajstić information content (AvgIpc) is 2.67. The van der Waals surface area contributed by atoms with E-state index in [-0.39, 0.29) is 6.03 Å². The SMILES string of the molecule is CCCC[C@H](CC)CNC(=O)NCc1ccnc(N2CCOCC2)c1. The number of carbonyl (C=O) groups is 1. The van der Waals surface area contributed by atoms with Gasteiger partial charge in [-0.05, 0) is 30.0 Å². The average molecular weight is 348 g/mol. The van der Waals surface area contributed by atoms with Gasteiger partial charge in [0.1, 0.15) is 5.82 Å². The highest BCUT2D eigenvalue weighted by Crippen LogP contribution is 2.14. The predicted octanol–water partition coefficient (Wildman–Crippen LogP) is 2.93. The molecule has 2 N–H and O–H groups in total. The topological polar surface area (TPSA) is 66.5 Å². The molecule has 6 nitrogen and oxygen atoms in total. The number of hydrogen-bond acceptors (Lipinski definition) is 4. The number of carbonyl (C=O) groups excluding carboxylic acids is 1. The standard InChI is InChI=1S/C19H32N4O2/c1-3-5-6-16(4-2)14-21-19(24)22-15-17-7-8-20-18(13-17)23-9-11-25-12-10-23/h7-8,13,16H,3-6,9-12,14-15H2,1-2H3,(H2,21,22,24)/t16-/m0/s1. The number of rotatable bonds is 9. The molecule has 0 aliphatic carbocycles. The van der Waals surface area contributed by atoms with E-state index in [2.05, 4.69) is 34.4 Å². The first-order valence-corrected chi connectivity index (χ1v) is 9.52. The van der Waals surface area contributed by atoms with Gasteiger partial charge in [0, 0.05) is 32.4 Å². The molecule has 1 aliphatic rings. The number of aromatic nitrogens is 1. The Balaban J connectivity index is 1.75. The largest absolute Gasteiger partial charge is 0.378 e. The molecule has 2 heterocycles. The van der Waals surface area contributed by atoms with Crippen molar-refractivity contribution in [2.75, 3.05) is 37.7 Å².